The third-order valence-electron chi connectivity index (χ3n) is 4.92. The van der Waals surface area contributed by atoms with Crippen molar-refractivity contribution in [3.05, 3.63) is 52.6 Å². The number of nitrogen functional groups attached to an aromatic ring is 1. The van der Waals surface area contributed by atoms with Crippen molar-refractivity contribution in [1.29, 1.82) is 0 Å². The average molecular weight is 384 g/mol. The van der Waals surface area contributed by atoms with Crippen molar-refractivity contribution in [1.82, 2.24) is 19.5 Å². The predicted octanol–water partition coefficient (Wildman–Crippen LogP) is 2.60. The van der Waals surface area contributed by atoms with Crippen LogP contribution >= 0.6 is 0 Å². The highest BCUT2D eigenvalue weighted by Crippen LogP contribution is 2.35. The smallest absolute Gasteiger partial charge is 0.274 e. The summed E-state index contributed by atoms with van der Waals surface area (Å²) in [4.78, 5) is 23.3. The van der Waals surface area contributed by atoms with Crippen LogP contribution in [0.25, 0.3) is 11.2 Å². The highest BCUT2D eigenvalue weighted by molar-refractivity contribution is 5.81. The minimum atomic E-state index is -0.397. The molecule has 1 aromatic carbocycles. The molecule has 2 aromatic heterocycles. The number of hydrogen-bond acceptors (Lipinski definition) is 8. The van der Waals surface area contributed by atoms with Gasteiger partial charge in [0.25, 0.3) is 5.69 Å². The lowest BCUT2D eigenvalue weighted by atomic mass is 10.1. The van der Waals surface area contributed by atoms with Crippen molar-refractivity contribution in [3.8, 4) is 0 Å². The van der Waals surface area contributed by atoms with Gasteiger partial charge >= 0.3 is 0 Å². The Morgan fingerprint density at radius 1 is 1.36 bits per heavy atom. The van der Waals surface area contributed by atoms with Crippen molar-refractivity contribution in [2.45, 2.75) is 44.8 Å². The number of benzene rings is 1. The zero-order valence-corrected chi connectivity index (χ0v) is 15.3. The van der Waals surface area contributed by atoms with E-state index in [0.29, 0.717) is 29.0 Å². The molecular weight excluding hydrogens is 364 g/mol. The molecule has 0 saturated carbocycles. The first-order valence-electron chi connectivity index (χ1n) is 9.00. The van der Waals surface area contributed by atoms with Crippen LogP contribution in [0.15, 0.2) is 36.9 Å². The summed E-state index contributed by atoms with van der Waals surface area (Å²) in [6, 6.07) is 6.59. The van der Waals surface area contributed by atoms with E-state index in [-0.39, 0.29) is 30.7 Å². The first-order chi connectivity index (χ1) is 13.6. The fraction of sp³-hybridized carbons (Fsp3) is 0.389. The lowest BCUT2D eigenvalue weighted by Crippen LogP contribution is -2.23. The third kappa shape index (κ3) is 3.27. The lowest BCUT2D eigenvalue weighted by molar-refractivity contribution is -0.386. The van der Waals surface area contributed by atoms with Crippen LogP contribution in [0.5, 0.6) is 0 Å². The maximum absolute atomic E-state index is 11.2. The summed E-state index contributed by atoms with van der Waals surface area (Å²) in [7, 11) is 0. The molecular formula is C18H20N6O4. The second kappa shape index (κ2) is 7.49. The summed E-state index contributed by atoms with van der Waals surface area (Å²) >= 11 is 0. The molecule has 0 spiro atoms. The van der Waals surface area contributed by atoms with Gasteiger partial charge in [-0.15, -0.1) is 0 Å². The second-order valence-electron chi connectivity index (χ2n) is 6.59. The lowest BCUT2D eigenvalue weighted by Gasteiger charge is -2.17. The quantitative estimate of drug-likeness (QED) is 0.507. The molecule has 0 radical (unpaired) electrons. The second-order valence-corrected chi connectivity index (χ2v) is 6.59. The highest BCUT2D eigenvalue weighted by Gasteiger charge is 2.37. The van der Waals surface area contributed by atoms with Crippen LogP contribution in [0.4, 0.5) is 11.5 Å². The summed E-state index contributed by atoms with van der Waals surface area (Å²) in [5, 5.41) is 11.2. The number of imidazole rings is 1. The molecule has 3 heterocycles. The van der Waals surface area contributed by atoms with E-state index in [4.69, 9.17) is 15.2 Å². The Balaban J connectivity index is 1.52. The molecule has 3 atom stereocenters. The van der Waals surface area contributed by atoms with Gasteiger partial charge in [0, 0.05) is 12.5 Å². The third-order valence-corrected chi connectivity index (χ3v) is 4.92. The van der Waals surface area contributed by atoms with Crippen LogP contribution in [0.2, 0.25) is 0 Å². The summed E-state index contributed by atoms with van der Waals surface area (Å²) in [6.45, 7) is 2.16. The zero-order valence-electron chi connectivity index (χ0n) is 15.3. The van der Waals surface area contributed by atoms with Gasteiger partial charge in [0.05, 0.1) is 35.6 Å². The number of nitro benzene ring substituents is 1. The van der Waals surface area contributed by atoms with E-state index in [2.05, 4.69) is 15.0 Å². The molecule has 2 N–H and O–H groups in total. The van der Waals surface area contributed by atoms with Gasteiger partial charge in [-0.1, -0.05) is 19.1 Å². The monoisotopic (exact) mass is 384 g/mol. The van der Waals surface area contributed by atoms with Crippen molar-refractivity contribution in [2.24, 2.45) is 0 Å². The van der Waals surface area contributed by atoms with Crippen LogP contribution < -0.4 is 5.73 Å². The van der Waals surface area contributed by atoms with Gasteiger partial charge in [-0.3, -0.25) is 14.7 Å². The van der Waals surface area contributed by atoms with Crippen LogP contribution in [0.3, 0.4) is 0 Å². The van der Waals surface area contributed by atoms with Gasteiger partial charge in [-0.05, 0) is 12.5 Å². The largest absolute Gasteiger partial charge is 0.382 e. The molecule has 0 aliphatic carbocycles. The van der Waals surface area contributed by atoms with Crippen molar-refractivity contribution in [2.75, 3.05) is 5.73 Å². The van der Waals surface area contributed by atoms with Gasteiger partial charge < -0.3 is 15.2 Å². The van der Waals surface area contributed by atoms with E-state index in [1.54, 1.807) is 24.5 Å². The normalized spacial score (nSPS) is 22.0. The van der Waals surface area contributed by atoms with E-state index >= 15 is 0 Å². The maximum Gasteiger partial charge on any atom is 0.274 e. The van der Waals surface area contributed by atoms with E-state index in [0.717, 1.165) is 6.42 Å². The molecule has 1 fully saturated rings. The SMILES string of the molecule is CCC1O[C@@H](n2cnc3c(N)ncnc32)CC1OCc1ccccc1[N+](=O)[O-]. The van der Waals surface area contributed by atoms with Crippen LogP contribution in [0, 0.1) is 10.1 Å². The summed E-state index contributed by atoms with van der Waals surface area (Å²) < 4.78 is 14.0. The van der Waals surface area contributed by atoms with Gasteiger partial charge in [-0.25, -0.2) is 15.0 Å². The highest BCUT2D eigenvalue weighted by atomic mass is 16.6. The minimum absolute atomic E-state index is 0.0544. The van der Waals surface area contributed by atoms with Crippen molar-refractivity contribution >= 4 is 22.7 Å². The standard InChI is InChI=1S/C18H20N6O4/c1-2-13-14(27-8-11-5-3-4-6-12(11)24(25)26)7-15(28-13)23-10-22-16-17(19)20-9-21-18(16)23/h3-6,9-10,13-15H,2,7-8H2,1H3,(H2,19,20,21)/t13?,14?,15-/m1/s1. The van der Waals surface area contributed by atoms with Gasteiger partial charge in [0.2, 0.25) is 0 Å². The molecule has 1 saturated heterocycles. The fourth-order valence-electron chi connectivity index (χ4n) is 3.50. The molecule has 1 aliphatic heterocycles. The van der Waals surface area contributed by atoms with Crippen LogP contribution in [-0.2, 0) is 16.1 Å². The molecule has 3 aromatic rings. The van der Waals surface area contributed by atoms with Gasteiger partial charge in [0.1, 0.15) is 18.1 Å². The Hall–Kier alpha value is -3.11. The molecule has 146 valence electrons. The molecule has 0 bridgehead atoms. The molecule has 10 heteroatoms. The first kappa shape index (κ1) is 18.3. The first-order valence-corrected chi connectivity index (χ1v) is 9.00. The molecule has 0 amide bonds. The van der Waals surface area contributed by atoms with Crippen LogP contribution in [-0.4, -0.2) is 36.7 Å². The number of nitrogens with zero attached hydrogens (tertiary/aromatic N) is 5. The number of aromatic nitrogens is 4. The van der Waals surface area contributed by atoms with Crippen LogP contribution in [0.1, 0.15) is 31.6 Å². The number of nitro groups is 1. The Labute approximate surface area is 160 Å². The number of ether oxygens (including phenoxy) is 2. The van der Waals surface area contributed by atoms with Gasteiger partial charge in [0.15, 0.2) is 11.5 Å². The molecule has 1 aliphatic rings. The molecule has 10 nitrogen and oxygen atoms in total. The number of anilines is 1. The Bertz CT molecular complexity index is 1010. The average Bonchev–Trinajstić information content (AvgIpc) is 3.31. The minimum Gasteiger partial charge on any atom is -0.382 e. The molecule has 28 heavy (non-hydrogen) atoms. The Morgan fingerprint density at radius 2 is 2.18 bits per heavy atom. The summed E-state index contributed by atoms with van der Waals surface area (Å²) in [5.41, 5.74) is 7.58. The maximum atomic E-state index is 11.2. The van der Waals surface area contributed by atoms with E-state index in [1.807, 2.05) is 11.5 Å². The summed E-state index contributed by atoms with van der Waals surface area (Å²) in [5.74, 6) is 0.318. The van der Waals surface area contributed by atoms with E-state index in [1.165, 1.54) is 12.4 Å². The fourth-order valence-corrected chi connectivity index (χ4v) is 3.50. The number of para-hydroxylation sites is 1. The van der Waals surface area contributed by atoms with Gasteiger partial charge in [-0.2, -0.15) is 0 Å². The number of hydrogen-bond donors (Lipinski definition) is 1. The predicted molar refractivity (Wildman–Crippen MR) is 100 cm³/mol. The van der Waals surface area contributed by atoms with Crippen molar-refractivity contribution in [3.63, 3.8) is 0 Å². The molecule has 2 unspecified atom stereocenters. The number of fused-ring (bicyclic) bond motifs is 1. The Morgan fingerprint density at radius 3 is 2.96 bits per heavy atom. The number of rotatable bonds is 6. The van der Waals surface area contributed by atoms with E-state index in [9.17, 15) is 10.1 Å². The zero-order chi connectivity index (χ0) is 19.7. The number of nitrogens with two attached hydrogens (primary N) is 1. The summed E-state index contributed by atoms with van der Waals surface area (Å²) in [6.07, 6.45) is 3.72. The molecule has 4 rings (SSSR count). The van der Waals surface area contributed by atoms with Crippen molar-refractivity contribution < 1.29 is 14.4 Å². The Kier molecular flexibility index (Phi) is 4.88. The topological polar surface area (TPSA) is 131 Å². The van der Waals surface area contributed by atoms with E-state index < -0.39 is 4.92 Å².